The second-order valence-corrected chi connectivity index (χ2v) is 11.8. The van der Waals surface area contributed by atoms with Crippen molar-refractivity contribution in [1.82, 2.24) is 0 Å². The number of para-hydroxylation sites is 1. The third-order valence-electron chi connectivity index (χ3n) is 9.10. The van der Waals surface area contributed by atoms with Gasteiger partial charge in [-0.2, -0.15) is 0 Å². The second kappa shape index (κ2) is 9.69. The van der Waals surface area contributed by atoms with E-state index in [0.29, 0.717) is 0 Å². The summed E-state index contributed by atoms with van der Waals surface area (Å²) in [4.78, 5) is 0. The van der Waals surface area contributed by atoms with E-state index in [0.717, 1.165) is 21.9 Å². The van der Waals surface area contributed by atoms with Crippen LogP contribution in [0.2, 0.25) is 0 Å². The van der Waals surface area contributed by atoms with Crippen molar-refractivity contribution in [3.63, 3.8) is 0 Å². The summed E-state index contributed by atoms with van der Waals surface area (Å²) < 4.78 is 6.19. The SMILES string of the molecule is Cc1ccc2c(-c3cccc(-c4cccc5ccccc45)c3)c3ccccc3c(-c3ccc4oc5ccccc5c4c3)c2c1. The van der Waals surface area contributed by atoms with Gasteiger partial charge in [0.1, 0.15) is 11.2 Å². The molecular formula is C43H28O. The molecular weight excluding hydrogens is 532 g/mol. The Morgan fingerprint density at radius 2 is 0.977 bits per heavy atom. The van der Waals surface area contributed by atoms with Crippen LogP contribution in [0.4, 0.5) is 0 Å². The number of rotatable bonds is 3. The van der Waals surface area contributed by atoms with E-state index in [1.54, 1.807) is 0 Å². The largest absolute Gasteiger partial charge is 0.456 e. The highest BCUT2D eigenvalue weighted by atomic mass is 16.3. The lowest BCUT2D eigenvalue weighted by molar-refractivity contribution is 0.669. The molecule has 0 atom stereocenters. The number of benzene rings is 8. The van der Waals surface area contributed by atoms with Crippen LogP contribution in [0.1, 0.15) is 5.56 Å². The Hall–Kier alpha value is -5.66. The van der Waals surface area contributed by atoms with E-state index in [2.05, 4.69) is 146 Å². The van der Waals surface area contributed by atoms with E-state index in [1.807, 2.05) is 12.1 Å². The quantitative estimate of drug-likeness (QED) is 0.196. The minimum atomic E-state index is 0.918. The Morgan fingerprint density at radius 3 is 1.84 bits per heavy atom. The molecule has 0 aliphatic heterocycles. The molecule has 1 nitrogen and oxygen atoms in total. The van der Waals surface area contributed by atoms with Gasteiger partial charge in [-0.05, 0) is 96.9 Å². The predicted octanol–water partition coefficient (Wildman–Crippen LogP) is 12.4. The first kappa shape index (κ1) is 24.9. The number of furan rings is 1. The third-order valence-corrected chi connectivity index (χ3v) is 9.10. The molecule has 0 saturated carbocycles. The Morgan fingerprint density at radius 1 is 0.364 bits per heavy atom. The lowest BCUT2D eigenvalue weighted by Crippen LogP contribution is -1.92. The summed E-state index contributed by atoms with van der Waals surface area (Å²) in [6, 6.07) is 55.1. The van der Waals surface area contributed by atoms with Gasteiger partial charge < -0.3 is 4.42 Å². The summed E-state index contributed by atoms with van der Waals surface area (Å²) in [5, 5.41) is 9.86. The van der Waals surface area contributed by atoms with E-state index >= 15 is 0 Å². The highest BCUT2D eigenvalue weighted by molar-refractivity contribution is 6.22. The van der Waals surface area contributed by atoms with Crippen molar-refractivity contribution in [2.45, 2.75) is 6.92 Å². The van der Waals surface area contributed by atoms with Gasteiger partial charge in [-0.25, -0.2) is 0 Å². The van der Waals surface area contributed by atoms with Crippen molar-refractivity contribution >= 4 is 54.3 Å². The summed E-state index contributed by atoms with van der Waals surface area (Å²) in [6.45, 7) is 2.19. The molecule has 0 bridgehead atoms. The maximum atomic E-state index is 6.19. The predicted molar refractivity (Wildman–Crippen MR) is 187 cm³/mol. The average molecular weight is 561 g/mol. The molecule has 0 saturated heterocycles. The molecule has 8 aromatic carbocycles. The molecule has 1 aromatic heterocycles. The zero-order chi connectivity index (χ0) is 29.2. The fourth-order valence-electron chi connectivity index (χ4n) is 7.12. The molecule has 1 heterocycles. The van der Waals surface area contributed by atoms with Crippen LogP contribution in [0.25, 0.3) is 87.6 Å². The van der Waals surface area contributed by atoms with Crippen LogP contribution in [-0.4, -0.2) is 0 Å². The highest BCUT2D eigenvalue weighted by Gasteiger charge is 2.18. The molecule has 9 rings (SSSR count). The van der Waals surface area contributed by atoms with Crippen molar-refractivity contribution in [3.05, 3.63) is 157 Å². The second-order valence-electron chi connectivity index (χ2n) is 11.8. The molecule has 0 fully saturated rings. The topological polar surface area (TPSA) is 13.1 Å². The molecule has 0 amide bonds. The van der Waals surface area contributed by atoms with Crippen molar-refractivity contribution in [2.24, 2.45) is 0 Å². The van der Waals surface area contributed by atoms with Crippen LogP contribution in [0.3, 0.4) is 0 Å². The maximum Gasteiger partial charge on any atom is 0.135 e. The van der Waals surface area contributed by atoms with Gasteiger partial charge in [0.15, 0.2) is 0 Å². The lowest BCUT2D eigenvalue weighted by atomic mass is 9.84. The fourth-order valence-corrected chi connectivity index (χ4v) is 7.12. The molecule has 0 unspecified atom stereocenters. The van der Waals surface area contributed by atoms with Crippen LogP contribution < -0.4 is 0 Å². The number of aryl methyl sites for hydroxylation is 1. The summed E-state index contributed by atoms with van der Waals surface area (Å²) >= 11 is 0. The van der Waals surface area contributed by atoms with Crippen LogP contribution in [0.15, 0.2) is 156 Å². The van der Waals surface area contributed by atoms with Crippen molar-refractivity contribution < 1.29 is 4.42 Å². The summed E-state index contributed by atoms with van der Waals surface area (Å²) in [6.07, 6.45) is 0. The molecule has 0 spiro atoms. The van der Waals surface area contributed by atoms with E-state index in [9.17, 15) is 0 Å². The van der Waals surface area contributed by atoms with Gasteiger partial charge in [-0.1, -0.05) is 133 Å². The van der Waals surface area contributed by atoms with Gasteiger partial charge in [0.05, 0.1) is 0 Å². The van der Waals surface area contributed by atoms with Gasteiger partial charge in [0, 0.05) is 10.8 Å². The zero-order valence-corrected chi connectivity index (χ0v) is 24.3. The molecule has 1 heteroatoms. The monoisotopic (exact) mass is 560 g/mol. The Labute approximate surface area is 255 Å². The van der Waals surface area contributed by atoms with Crippen LogP contribution in [0.5, 0.6) is 0 Å². The summed E-state index contributed by atoms with van der Waals surface area (Å²) in [5.74, 6) is 0. The normalized spacial score (nSPS) is 11.8. The van der Waals surface area contributed by atoms with Gasteiger partial charge in [-0.3, -0.25) is 0 Å². The number of fused-ring (bicyclic) bond motifs is 6. The smallest absolute Gasteiger partial charge is 0.135 e. The first-order valence-electron chi connectivity index (χ1n) is 15.2. The van der Waals surface area contributed by atoms with E-state index in [-0.39, 0.29) is 0 Å². The third kappa shape index (κ3) is 3.80. The summed E-state index contributed by atoms with van der Waals surface area (Å²) in [5.41, 5.74) is 10.5. The zero-order valence-electron chi connectivity index (χ0n) is 24.3. The lowest BCUT2D eigenvalue weighted by Gasteiger charge is -2.19. The minimum Gasteiger partial charge on any atom is -0.456 e. The molecule has 44 heavy (non-hydrogen) atoms. The van der Waals surface area contributed by atoms with Gasteiger partial charge in [0.2, 0.25) is 0 Å². The van der Waals surface area contributed by atoms with Crippen molar-refractivity contribution in [1.29, 1.82) is 0 Å². The van der Waals surface area contributed by atoms with E-state index in [4.69, 9.17) is 4.42 Å². The van der Waals surface area contributed by atoms with Crippen molar-refractivity contribution in [3.8, 4) is 33.4 Å². The van der Waals surface area contributed by atoms with Crippen molar-refractivity contribution in [2.75, 3.05) is 0 Å². The number of hydrogen-bond acceptors (Lipinski definition) is 1. The maximum absolute atomic E-state index is 6.19. The van der Waals surface area contributed by atoms with E-state index < -0.39 is 0 Å². The van der Waals surface area contributed by atoms with Gasteiger partial charge in [-0.15, -0.1) is 0 Å². The molecule has 0 aliphatic carbocycles. The Balaban J connectivity index is 1.34. The average Bonchev–Trinajstić information content (AvgIpc) is 3.45. The highest BCUT2D eigenvalue weighted by Crippen LogP contribution is 2.45. The first-order valence-corrected chi connectivity index (χ1v) is 15.2. The van der Waals surface area contributed by atoms with Gasteiger partial charge >= 0.3 is 0 Å². The number of hydrogen-bond donors (Lipinski definition) is 0. The van der Waals surface area contributed by atoms with Crippen LogP contribution in [-0.2, 0) is 0 Å². The Bertz CT molecular complexity index is 2560. The molecule has 0 N–H and O–H groups in total. The summed E-state index contributed by atoms with van der Waals surface area (Å²) in [7, 11) is 0. The Kier molecular flexibility index (Phi) is 5.48. The molecule has 206 valence electrons. The van der Waals surface area contributed by atoms with Crippen LogP contribution >= 0.6 is 0 Å². The molecule has 9 aromatic rings. The van der Waals surface area contributed by atoms with Crippen LogP contribution in [0, 0.1) is 6.92 Å². The van der Waals surface area contributed by atoms with Gasteiger partial charge in [0.25, 0.3) is 0 Å². The first-order chi connectivity index (χ1) is 21.7. The minimum absolute atomic E-state index is 0.918. The standard InChI is InChI=1S/C43H28O/c1-27-20-22-37-39(24-27)43(31-21-23-41-38(26-31)34-15-6-7-19-40(34)44-41)36-17-5-4-16-35(36)42(37)30-13-8-12-29(25-30)33-18-9-11-28-10-2-3-14-32(28)33/h2-26H,1H3. The fraction of sp³-hybridized carbons (Fsp3) is 0.0233. The van der Waals surface area contributed by atoms with E-state index in [1.165, 1.54) is 71.3 Å². The molecule has 0 radical (unpaired) electrons. The molecule has 0 aliphatic rings.